The molecule has 1 heterocycles. The first-order valence-electron chi connectivity index (χ1n) is 10.4. The van der Waals surface area contributed by atoms with Crippen LogP contribution >= 0.6 is 0 Å². The first kappa shape index (κ1) is 22.7. The van der Waals surface area contributed by atoms with Crippen molar-refractivity contribution >= 4 is 17.6 Å². The van der Waals surface area contributed by atoms with Crippen LogP contribution in [-0.4, -0.2) is 34.7 Å². The molecule has 3 rings (SSSR count). The molecule has 0 radical (unpaired) electrons. The van der Waals surface area contributed by atoms with Gasteiger partial charge in [-0.2, -0.15) is 0 Å². The van der Waals surface area contributed by atoms with Crippen molar-refractivity contribution < 1.29 is 19.8 Å². The van der Waals surface area contributed by atoms with Gasteiger partial charge in [-0.1, -0.05) is 50.3 Å². The van der Waals surface area contributed by atoms with Crippen molar-refractivity contribution in [1.82, 2.24) is 0 Å². The summed E-state index contributed by atoms with van der Waals surface area (Å²) >= 11 is 0. The maximum atomic E-state index is 10.8. The second-order valence-electron chi connectivity index (χ2n) is 8.56. The standard InChI is InChI=1S/C15H23N.C9H10O4/c1-13(2)12-15-10-6-7-11-16(15)14-8-4-3-5-9-14;1-9(8(12)13)4-2-3-6(5-9)7(10)11/h3-5,8-9,13,15H,6-7,10-12H2,1-2H3;2-4H,5H2,1H3,(H,10,11)(H,12,13). The number of nitrogens with zero attached hydrogens (tertiary/aromatic N) is 1. The van der Waals surface area contributed by atoms with Gasteiger partial charge in [-0.05, 0) is 57.1 Å². The smallest absolute Gasteiger partial charge is 0.331 e. The van der Waals surface area contributed by atoms with E-state index < -0.39 is 17.4 Å². The zero-order valence-electron chi connectivity index (χ0n) is 17.7. The van der Waals surface area contributed by atoms with Crippen molar-refractivity contribution in [2.24, 2.45) is 11.3 Å². The molecule has 5 nitrogen and oxygen atoms in total. The number of carboxylic acids is 2. The summed E-state index contributed by atoms with van der Waals surface area (Å²) in [6.45, 7) is 7.40. The average Bonchev–Trinajstić information content (AvgIpc) is 2.69. The van der Waals surface area contributed by atoms with Crippen molar-refractivity contribution in [1.29, 1.82) is 0 Å². The van der Waals surface area contributed by atoms with E-state index in [1.54, 1.807) is 0 Å². The molecule has 0 spiro atoms. The van der Waals surface area contributed by atoms with E-state index in [-0.39, 0.29) is 12.0 Å². The molecule has 1 aliphatic heterocycles. The number of carboxylic acid groups (broad SMARTS) is 2. The van der Waals surface area contributed by atoms with E-state index in [0.717, 1.165) is 12.0 Å². The Morgan fingerprint density at radius 1 is 1.17 bits per heavy atom. The summed E-state index contributed by atoms with van der Waals surface area (Å²) < 4.78 is 0. The van der Waals surface area contributed by atoms with Crippen molar-refractivity contribution in [3.63, 3.8) is 0 Å². The average molecular weight is 400 g/mol. The third-order valence-corrected chi connectivity index (χ3v) is 5.54. The molecule has 0 saturated carbocycles. The Hall–Kier alpha value is -2.56. The summed E-state index contributed by atoms with van der Waals surface area (Å²) in [4.78, 5) is 24.0. The Morgan fingerprint density at radius 3 is 2.45 bits per heavy atom. The van der Waals surface area contributed by atoms with Gasteiger partial charge in [-0.15, -0.1) is 0 Å². The normalized spacial score (nSPS) is 23.8. The van der Waals surface area contributed by atoms with Crippen LogP contribution in [0.4, 0.5) is 5.69 Å². The van der Waals surface area contributed by atoms with Gasteiger partial charge in [0.2, 0.25) is 0 Å². The maximum absolute atomic E-state index is 10.8. The molecule has 1 aromatic rings. The monoisotopic (exact) mass is 399 g/mol. The van der Waals surface area contributed by atoms with Gasteiger partial charge in [0.25, 0.3) is 0 Å². The van der Waals surface area contributed by atoms with Crippen LogP contribution in [0.1, 0.15) is 52.9 Å². The molecule has 1 saturated heterocycles. The summed E-state index contributed by atoms with van der Waals surface area (Å²) in [5.41, 5.74) is 0.461. The van der Waals surface area contributed by atoms with Crippen molar-refractivity contribution in [2.45, 2.75) is 58.9 Å². The number of aliphatic carboxylic acids is 2. The first-order chi connectivity index (χ1) is 13.7. The van der Waals surface area contributed by atoms with Crippen molar-refractivity contribution in [2.75, 3.05) is 11.4 Å². The molecule has 2 unspecified atom stereocenters. The number of para-hydroxylation sites is 1. The van der Waals surface area contributed by atoms with Gasteiger partial charge in [0.1, 0.15) is 0 Å². The molecule has 1 aliphatic carbocycles. The molecule has 1 aromatic carbocycles. The molecular formula is C24H33NO4. The molecule has 1 fully saturated rings. The van der Waals surface area contributed by atoms with E-state index in [0.29, 0.717) is 0 Å². The van der Waals surface area contributed by atoms with Crippen LogP contribution in [0.15, 0.2) is 54.1 Å². The zero-order valence-corrected chi connectivity index (χ0v) is 17.7. The number of carbonyl (C=O) groups is 2. The SMILES string of the molecule is CC(C)CC1CCCCN1c1ccccc1.CC1(C(=O)O)C=CC=C(C(=O)O)C1. The third kappa shape index (κ3) is 6.48. The largest absolute Gasteiger partial charge is 0.481 e. The summed E-state index contributed by atoms with van der Waals surface area (Å²) in [6, 6.07) is 11.7. The number of hydrogen-bond acceptors (Lipinski definition) is 3. The molecule has 0 bridgehead atoms. The van der Waals surface area contributed by atoms with E-state index in [4.69, 9.17) is 10.2 Å². The second-order valence-corrected chi connectivity index (χ2v) is 8.56. The van der Waals surface area contributed by atoms with E-state index in [2.05, 4.69) is 49.1 Å². The highest BCUT2D eigenvalue weighted by Crippen LogP contribution is 2.31. The van der Waals surface area contributed by atoms with E-state index in [1.165, 1.54) is 63.1 Å². The number of benzene rings is 1. The van der Waals surface area contributed by atoms with Crippen LogP contribution in [-0.2, 0) is 9.59 Å². The molecule has 2 aliphatic rings. The lowest BCUT2D eigenvalue weighted by molar-refractivity contribution is -0.145. The summed E-state index contributed by atoms with van der Waals surface area (Å²) in [6.07, 6.45) is 9.89. The molecule has 2 N–H and O–H groups in total. The van der Waals surface area contributed by atoms with Crippen LogP contribution in [0.2, 0.25) is 0 Å². The molecule has 0 amide bonds. The highest BCUT2D eigenvalue weighted by Gasteiger charge is 2.34. The van der Waals surface area contributed by atoms with E-state index in [9.17, 15) is 9.59 Å². The van der Waals surface area contributed by atoms with Gasteiger partial charge in [-0.25, -0.2) is 4.79 Å². The highest BCUT2D eigenvalue weighted by atomic mass is 16.4. The van der Waals surface area contributed by atoms with Crippen LogP contribution in [0.25, 0.3) is 0 Å². The van der Waals surface area contributed by atoms with Crippen LogP contribution < -0.4 is 4.90 Å². The molecule has 29 heavy (non-hydrogen) atoms. The highest BCUT2D eigenvalue weighted by molar-refractivity contribution is 5.90. The van der Waals surface area contributed by atoms with Crippen LogP contribution in [0.3, 0.4) is 0 Å². The molecule has 2 atom stereocenters. The minimum Gasteiger partial charge on any atom is -0.481 e. The minimum atomic E-state index is -1.08. The minimum absolute atomic E-state index is 0.0359. The van der Waals surface area contributed by atoms with E-state index in [1.807, 2.05) is 0 Å². The number of anilines is 1. The number of rotatable bonds is 5. The van der Waals surface area contributed by atoms with Gasteiger partial charge in [-0.3, -0.25) is 4.79 Å². The van der Waals surface area contributed by atoms with E-state index >= 15 is 0 Å². The second kappa shape index (κ2) is 10.3. The fraction of sp³-hybridized carbons (Fsp3) is 0.500. The van der Waals surface area contributed by atoms with Gasteiger partial charge in [0.15, 0.2) is 0 Å². The Balaban J connectivity index is 0.000000212. The molecular weight excluding hydrogens is 366 g/mol. The van der Waals surface area contributed by atoms with Gasteiger partial charge in [0.05, 0.1) is 5.41 Å². The Kier molecular flexibility index (Phi) is 8.06. The molecule has 5 heteroatoms. The fourth-order valence-corrected chi connectivity index (χ4v) is 3.93. The summed E-state index contributed by atoms with van der Waals surface area (Å²) in [7, 11) is 0. The quantitative estimate of drug-likeness (QED) is 0.717. The predicted molar refractivity (Wildman–Crippen MR) is 116 cm³/mol. The Morgan fingerprint density at radius 2 is 1.86 bits per heavy atom. The topological polar surface area (TPSA) is 77.8 Å². The van der Waals surface area contributed by atoms with Crippen molar-refractivity contribution in [3.8, 4) is 0 Å². The number of hydrogen-bond donors (Lipinski definition) is 2. The Bertz CT molecular complexity index is 753. The molecule has 0 aromatic heterocycles. The Labute approximate surface area is 173 Å². The van der Waals surface area contributed by atoms with Gasteiger partial charge in [0, 0.05) is 23.8 Å². The third-order valence-electron chi connectivity index (χ3n) is 5.54. The maximum Gasteiger partial charge on any atom is 0.331 e. The predicted octanol–water partition coefficient (Wildman–Crippen LogP) is 5.14. The number of allylic oxidation sites excluding steroid dienone is 2. The number of piperidine rings is 1. The summed E-state index contributed by atoms with van der Waals surface area (Å²) in [5.74, 6) is -1.26. The van der Waals surface area contributed by atoms with Gasteiger partial charge >= 0.3 is 11.9 Å². The lowest BCUT2D eigenvalue weighted by Gasteiger charge is -2.38. The zero-order chi connectivity index (χ0) is 21.4. The van der Waals surface area contributed by atoms with Gasteiger partial charge < -0.3 is 15.1 Å². The fourth-order valence-electron chi connectivity index (χ4n) is 3.93. The summed E-state index contributed by atoms with van der Waals surface area (Å²) in [5, 5.41) is 17.5. The molecule has 158 valence electrons. The lowest BCUT2D eigenvalue weighted by Crippen LogP contribution is -2.40. The van der Waals surface area contributed by atoms with Crippen molar-refractivity contribution in [3.05, 3.63) is 54.1 Å². The first-order valence-corrected chi connectivity index (χ1v) is 10.4. The van der Waals surface area contributed by atoms with Crippen LogP contribution in [0, 0.1) is 11.3 Å². The lowest BCUT2D eigenvalue weighted by atomic mass is 9.80. The van der Waals surface area contributed by atoms with Crippen LogP contribution in [0.5, 0.6) is 0 Å².